The van der Waals surface area contributed by atoms with Crippen molar-refractivity contribution in [2.24, 2.45) is 5.92 Å². The Labute approximate surface area is 298 Å². The Kier molecular flexibility index (Phi) is 10.0. The number of hydrogen-bond donors (Lipinski definition) is 3. The van der Waals surface area contributed by atoms with Crippen molar-refractivity contribution in [3.05, 3.63) is 48.0 Å². The molecule has 5 heterocycles. The smallest absolute Gasteiger partial charge is 0.408 e. The number of aliphatic carboxylic acids is 1. The second-order valence-corrected chi connectivity index (χ2v) is 14.3. The summed E-state index contributed by atoms with van der Waals surface area (Å²) in [5, 5.41) is 28.0. The van der Waals surface area contributed by atoms with E-state index in [4.69, 9.17) is 24.4 Å². The molecule has 3 fully saturated rings. The fraction of sp³-hybridized carbons (Fsp3) is 0.514. The Morgan fingerprint density at radius 3 is 2.67 bits per heavy atom. The number of hydrogen-bond acceptors (Lipinski definition) is 11. The van der Waals surface area contributed by atoms with Crippen LogP contribution in [0, 0.1) is 5.92 Å². The van der Waals surface area contributed by atoms with Gasteiger partial charge in [-0.15, -0.1) is 16.4 Å². The van der Waals surface area contributed by atoms with Crippen LogP contribution >= 0.6 is 11.3 Å². The molecule has 3 amide bonds. The molecule has 2 saturated heterocycles. The van der Waals surface area contributed by atoms with Gasteiger partial charge in [-0.2, -0.15) is 9.90 Å². The number of carboxylic acid groups (broad SMARTS) is 1. The van der Waals surface area contributed by atoms with Gasteiger partial charge in [0.2, 0.25) is 11.8 Å². The number of ether oxygens (including phenoxy) is 3. The largest absolute Gasteiger partial charge is 0.497 e. The van der Waals surface area contributed by atoms with Crippen LogP contribution in [-0.4, -0.2) is 104 Å². The molecule has 15 nitrogen and oxygen atoms in total. The molecular formula is C35H41N7O8S. The first-order chi connectivity index (χ1) is 24.8. The van der Waals surface area contributed by atoms with Crippen molar-refractivity contribution < 1.29 is 38.5 Å². The molecule has 0 bridgehead atoms. The summed E-state index contributed by atoms with van der Waals surface area (Å²) in [5.74, 6) is -1.82. The number of thiazole rings is 1. The highest BCUT2D eigenvalue weighted by Gasteiger charge is 2.61. The number of carboxylic acids is 1. The minimum absolute atomic E-state index is 0.0536. The highest BCUT2D eigenvalue weighted by molar-refractivity contribution is 7.13. The van der Waals surface area contributed by atoms with E-state index in [2.05, 4.69) is 15.6 Å². The van der Waals surface area contributed by atoms with E-state index < -0.39 is 53.6 Å². The fourth-order valence-corrected chi connectivity index (χ4v) is 7.71. The number of allylic oxidation sites excluding steroid dienone is 1. The van der Waals surface area contributed by atoms with Crippen LogP contribution in [0.5, 0.6) is 5.75 Å². The number of benzene rings is 1. The zero-order valence-electron chi connectivity index (χ0n) is 28.2. The molecule has 270 valence electrons. The van der Waals surface area contributed by atoms with Gasteiger partial charge in [-0.05, 0) is 49.9 Å². The van der Waals surface area contributed by atoms with Gasteiger partial charge in [0.25, 0.3) is 0 Å². The molecule has 0 radical (unpaired) electrons. The second kappa shape index (κ2) is 14.8. The molecule has 4 aliphatic rings. The Morgan fingerprint density at radius 1 is 1.12 bits per heavy atom. The topological polar surface area (TPSA) is 187 Å². The molecule has 0 spiro atoms. The van der Waals surface area contributed by atoms with E-state index in [-0.39, 0.29) is 25.3 Å². The Morgan fingerprint density at radius 2 is 1.94 bits per heavy atom. The SMILES string of the molecule is COc1ccc(-c2nn([C@@H]3C[C@H]4C(=O)N[C@@]5(C(=O)O)C[C@H]5/C=C\CCCCC[C@@H](NC(=O)O[C@H]5CCOC5)C(=O)N4C3)nc2-c2nccs2)cc1. The summed E-state index contributed by atoms with van der Waals surface area (Å²) in [5.41, 5.74) is 0.449. The zero-order chi connectivity index (χ0) is 35.5. The summed E-state index contributed by atoms with van der Waals surface area (Å²) < 4.78 is 16.2. The molecule has 3 N–H and O–H groups in total. The number of nitrogens with one attached hydrogen (secondary N) is 2. The molecule has 51 heavy (non-hydrogen) atoms. The summed E-state index contributed by atoms with van der Waals surface area (Å²) in [6.45, 7) is 0.837. The number of carbonyl (C=O) groups excluding carboxylic acids is 3. The lowest BCUT2D eigenvalue weighted by Crippen LogP contribution is -2.56. The first kappa shape index (κ1) is 34.6. The van der Waals surface area contributed by atoms with Crippen LogP contribution in [0.4, 0.5) is 4.79 Å². The standard InChI is InChI=1S/C35H41N7O8S/c1-48-24-11-9-21(10-12-24)28-29(31-36-14-16-51-31)40-42(39-28)23-17-27-30(43)38-35(33(45)46)18-22(35)7-5-3-2-4-6-8-26(32(44)41(27)19-23)37-34(47)50-25-13-15-49-20-25/h5,7,9-12,14,16,22-23,25-27H,2-4,6,8,13,15,17-20H2,1H3,(H,37,47)(H,38,43)(H,45,46)/b7-5-/t22-,23-,25+,26-,27+,35+/m1/s1. The van der Waals surface area contributed by atoms with Gasteiger partial charge in [-0.25, -0.2) is 14.6 Å². The van der Waals surface area contributed by atoms with Crippen molar-refractivity contribution in [3.8, 4) is 27.7 Å². The lowest BCUT2D eigenvalue weighted by molar-refractivity contribution is -0.145. The van der Waals surface area contributed by atoms with Gasteiger partial charge in [0, 0.05) is 42.4 Å². The van der Waals surface area contributed by atoms with Gasteiger partial charge < -0.3 is 34.9 Å². The molecule has 1 aliphatic carbocycles. The third-order valence-electron chi connectivity index (χ3n) is 10.0. The van der Waals surface area contributed by atoms with Crippen molar-refractivity contribution >= 4 is 35.2 Å². The lowest BCUT2D eigenvalue weighted by Gasteiger charge is -2.29. The Hall–Kier alpha value is -4.83. The van der Waals surface area contributed by atoms with Crippen molar-refractivity contribution in [3.63, 3.8) is 0 Å². The van der Waals surface area contributed by atoms with Gasteiger partial charge in [0.15, 0.2) is 0 Å². The average Bonchev–Trinajstić information content (AvgIpc) is 3.77. The number of methoxy groups -OCH3 is 1. The first-order valence-corrected chi connectivity index (χ1v) is 18.2. The van der Waals surface area contributed by atoms with Gasteiger partial charge in [0.05, 0.1) is 26.4 Å². The Bertz CT molecular complexity index is 1770. The van der Waals surface area contributed by atoms with Crippen LogP contribution in [0.1, 0.15) is 57.4 Å². The molecule has 16 heteroatoms. The van der Waals surface area contributed by atoms with Gasteiger partial charge in [-0.3, -0.25) is 9.59 Å². The zero-order valence-corrected chi connectivity index (χ0v) is 29.0. The second-order valence-electron chi connectivity index (χ2n) is 13.4. The fourth-order valence-electron chi connectivity index (χ4n) is 7.09. The summed E-state index contributed by atoms with van der Waals surface area (Å²) in [6, 6.07) is 4.84. The van der Waals surface area contributed by atoms with Crippen LogP contribution in [0.15, 0.2) is 48.0 Å². The molecule has 0 unspecified atom stereocenters. The number of aromatic nitrogens is 4. The maximum Gasteiger partial charge on any atom is 0.408 e. The number of alkyl carbamates (subject to hydrolysis) is 1. The molecule has 3 aliphatic heterocycles. The number of nitrogens with zero attached hydrogens (tertiary/aromatic N) is 5. The maximum absolute atomic E-state index is 14.5. The van der Waals surface area contributed by atoms with Crippen molar-refractivity contribution in [1.29, 1.82) is 0 Å². The highest BCUT2D eigenvalue weighted by atomic mass is 32.1. The van der Waals surface area contributed by atoms with Crippen molar-refractivity contribution in [2.75, 3.05) is 26.9 Å². The van der Waals surface area contributed by atoms with E-state index >= 15 is 0 Å². The summed E-state index contributed by atoms with van der Waals surface area (Å²) in [6.07, 6.45) is 8.70. The van der Waals surface area contributed by atoms with E-state index in [0.717, 1.165) is 24.8 Å². The van der Waals surface area contributed by atoms with Crippen LogP contribution < -0.4 is 15.4 Å². The number of fused-ring (bicyclic) bond motifs is 2. The number of carbonyl (C=O) groups is 4. The van der Waals surface area contributed by atoms with Gasteiger partial charge in [0.1, 0.15) is 45.9 Å². The number of amides is 3. The molecule has 6 atom stereocenters. The maximum atomic E-state index is 14.5. The predicted octanol–water partition coefficient (Wildman–Crippen LogP) is 3.58. The van der Waals surface area contributed by atoms with Crippen LogP contribution in [0.2, 0.25) is 0 Å². The van der Waals surface area contributed by atoms with E-state index in [0.29, 0.717) is 54.6 Å². The quantitative estimate of drug-likeness (QED) is 0.303. The molecule has 7 rings (SSSR count). The third-order valence-corrected chi connectivity index (χ3v) is 10.8. The molecule has 2 aromatic heterocycles. The van der Waals surface area contributed by atoms with Gasteiger partial charge >= 0.3 is 12.1 Å². The predicted molar refractivity (Wildman–Crippen MR) is 184 cm³/mol. The normalized spacial score (nSPS) is 28.8. The van der Waals surface area contributed by atoms with Crippen LogP contribution in [0.3, 0.4) is 0 Å². The van der Waals surface area contributed by atoms with Crippen molar-refractivity contribution in [2.45, 2.75) is 81.1 Å². The molecular weight excluding hydrogens is 678 g/mol. The minimum atomic E-state index is -1.45. The van der Waals surface area contributed by atoms with Crippen molar-refractivity contribution in [1.82, 2.24) is 35.5 Å². The molecule has 3 aromatic rings. The van der Waals surface area contributed by atoms with E-state index in [9.17, 15) is 24.3 Å². The first-order valence-electron chi connectivity index (χ1n) is 17.3. The lowest BCUT2D eigenvalue weighted by atomic mass is 10.0. The molecule has 1 saturated carbocycles. The number of rotatable bonds is 7. The minimum Gasteiger partial charge on any atom is -0.497 e. The monoisotopic (exact) mass is 719 g/mol. The van der Waals surface area contributed by atoms with E-state index in [1.165, 1.54) is 21.0 Å². The van der Waals surface area contributed by atoms with E-state index in [1.54, 1.807) is 13.3 Å². The summed E-state index contributed by atoms with van der Waals surface area (Å²) >= 11 is 1.41. The molecule has 1 aromatic carbocycles. The van der Waals surface area contributed by atoms with E-state index in [1.807, 2.05) is 41.8 Å². The summed E-state index contributed by atoms with van der Waals surface area (Å²) in [7, 11) is 1.59. The summed E-state index contributed by atoms with van der Waals surface area (Å²) in [4.78, 5) is 61.5. The van der Waals surface area contributed by atoms with Gasteiger partial charge in [-0.1, -0.05) is 25.0 Å². The average molecular weight is 720 g/mol. The Balaban J connectivity index is 1.21. The van der Waals surface area contributed by atoms with Crippen LogP contribution in [-0.2, 0) is 23.9 Å². The third kappa shape index (κ3) is 7.33. The van der Waals surface area contributed by atoms with Crippen LogP contribution in [0.25, 0.3) is 22.0 Å². The highest BCUT2D eigenvalue weighted by Crippen LogP contribution is 2.46.